The van der Waals surface area contributed by atoms with Crippen LogP contribution in [0.5, 0.6) is 6.01 Å². The summed E-state index contributed by atoms with van der Waals surface area (Å²) in [7, 11) is 1.54. The fourth-order valence-corrected chi connectivity index (χ4v) is 2.31. The topological polar surface area (TPSA) is 71.4 Å². The maximum atomic E-state index is 9.63. The number of rotatable bonds is 8. The molecule has 0 amide bonds. The number of pyridine rings is 1. The highest BCUT2D eigenvalue weighted by molar-refractivity contribution is 5.11. The molecule has 0 saturated carbocycles. The van der Waals surface area contributed by atoms with Gasteiger partial charge in [0.25, 0.3) is 0 Å². The van der Waals surface area contributed by atoms with Gasteiger partial charge in [-0.05, 0) is 18.1 Å². The second-order valence-corrected chi connectivity index (χ2v) is 5.09. The minimum Gasteiger partial charge on any atom is -0.467 e. The first kappa shape index (κ1) is 16.3. The van der Waals surface area contributed by atoms with Crippen molar-refractivity contribution in [2.24, 2.45) is 0 Å². The summed E-state index contributed by atoms with van der Waals surface area (Å²) in [5.41, 5.74) is 2.10. The van der Waals surface area contributed by atoms with Crippen LogP contribution in [-0.2, 0) is 13.1 Å². The second kappa shape index (κ2) is 8.41. The molecule has 0 saturated heterocycles. The molecule has 1 unspecified atom stereocenters. The summed E-state index contributed by atoms with van der Waals surface area (Å²) in [6.07, 6.45) is 7.99. The summed E-state index contributed by atoms with van der Waals surface area (Å²) in [5.74, 6) is 0. The first-order valence-corrected chi connectivity index (χ1v) is 7.35. The first-order chi connectivity index (χ1) is 10.8. The van der Waals surface area contributed by atoms with E-state index in [1.807, 2.05) is 18.3 Å². The van der Waals surface area contributed by atoms with Crippen molar-refractivity contribution in [3.05, 3.63) is 48.0 Å². The van der Waals surface area contributed by atoms with Gasteiger partial charge < -0.3 is 9.84 Å². The fraction of sp³-hybridized carbons (Fsp3) is 0.438. The van der Waals surface area contributed by atoms with Crippen molar-refractivity contribution < 1.29 is 9.84 Å². The Morgan fingerprint density at radius 3 is 2.45 bits per heavy atom. The van der Waals surface area contributed by atoms with E-state index in [9.17, 15) is 5.11 Å². The molecule has 0 spiro atoms. The third-order valence-corrected chi connectivity index (χ3v) is 3.56. The van der Waals surface area contributed by atoms with Gasteiger partial charge in [-0.2, -0.15) is 0 Å². The van der Waals surface area contributed by atoms with Gasteiger partial charge in [-0.1, -0.05) is 13.0 Å². The van der Waals surface area contributed by atoms with Crippen LogP contribution in [0, 0.1) is 0 Å². The molecule has 2 aromatic rings. The maximum absolute atomic E-state index is 9.63. The van der Waals surface area contributed by atoms with Crippen LogP contribution in [-0.4, -0.2) is 44.7 Å². The number of aliphatic hydroxyl groups is 1. The van der Waals surface area contributed by atoms with Crippen LogP contribution in [0.2, 0.25) is 0 Å². The molecular formula is C16H22N4O2. The summed E-state index contributed by atoms with van der Waals surface area (Å²) in [5, 5.41) is 9.63. The molecule has 2 heterocycles. The van der Waals surface area contributed by atoms with Crippen LogP contribution in [0.25, 0.3) is 0 Å². The molecular weight excluding hydrogens is 280 g/mol. The van der Waals surface area contributed by atoms with E-state index in [1.54, 1.807) is 25.7 Å². The average Bonchev–Trinajstić information content (AvgIpc) is 2.57. The zero-order valence-corrected chi connectivity index (χ0v) is 13.0. The number of nitrogens with zero attached hydrogens (tertiary/aromatic N) is 4. The van der Waals surface area contributed by atoms with Crippen molar-refractivity contribution in [1.82, 2.24) is 19.9 Å². The second-order valence-electron chi connectivity index (χ2n) is 5.09. The van der Waals surface area contributed by atoms with Crippen LogP contribution >= 0.6 is 0 Å². The smallest absolute Gasteiger partial charge is 0.316 e. The third kappa shape index (κ3) is 4.47. The Bertz CT molecular complexity index is 544. The van der Waals surface area contributed by atoms with Crippen molar-refractivity contribution in [2.45, 2.75) is 32.5 Å². The molecule has 118 valence electrons. The Hall–Kier alpha value is -2.05. The lowest BCUT2D eigenvalue weighted by Crippen LogP contribution is -2.36. The Morgan fingerprint density at radius 1 is 1.18 bits per heavy atom. The first-order valence-electron chi connectivity index (χ1n) is 7.35. The fourth-order valence-electron chi connectivity index (χ4n) is 2.31. The third-order valence-electron chi connectivity index (χ3n) is 3.56. The van der Waals surface area contributed by atoms with Crippen molar-refractivity contribution in [3.8, 4) is 6.01 Å². The molecule has 1 N–H and O–H groups in total. The van der Waals surface area contributed by atoms with E-state index in [4.69, 9.17) is 4.74 Å². The van der Waals surface area contributed by atoms with Gasteiger partial charge in [0.2, 0.25) is 0 Å². The van der Waals surface area contributed by atoms with Gasteiger partial charge in [0.15, 0.2) is 0 Å². The largest absolute Gasteiger partial charge is 0.467 e. The number of hydrogen-bond acceptors (Lipinski definition) is 6. The summed E-state index contributed by atoms with van der Waals surface area (Å²) in [6, 6.07) is 4.40. The van der Waals surface area contributed by atoms with Gasteiger partial charge in [0, 0.05) is 49.5 Å². The van der Waals surface area contributed by atoms with Crippen molar-refractivity contribution in [2.75, 3.05) is 13.7 Å². The Morgan fingerprint density at radius 2 is 1.91 bits per heavy atom. The summed E-state index contributed by atoms with van der Waals surface area (Å²) in [6.45, 7) is 3.58. The van der Waals surface area contributed by atoms with Gasteiger partial charge >= 0.3 is 6.01 Å². The van der Waals surface area contributed by atoms with Crippen molar-refractivity contribution in [3.63, 3.8) is 0 Å². The highest BCUT2D eigenvalue weighted by Crippen LogP contribution is 2.14. The number of methoxy groups -OCH3 is 1. The molecule has 1 atom stereocenters. The number of aromatic nitrogens is 3. The van der Waals surface area contributed by atoms with E-state index in [-0.39, 0.29) is 12.6 Å². The normalized spacial score (nSPS) is 12.4. The maximum Gasteiger partial charge on any atom is 0.316 e. The van der Waals surface area contributed by atoms with Gasteiger partial charge in [0.05, 0.1) is 13.7 Å². The number of hydrogen-bond donors (Lipinski definition) is 1. The van der Waals surface area contributed by atoms with E-state index in [2.05, 4.69) is 26.8 Å². The SMILES string of the molecule is CCC(CO)N(Cc1cccnc1)Cc1cnc(OC)nc1. The van der Waals surface area contributed by atoms with Crippen LogP contribution in [0.1, 0.15) is 24.5 Å². The molecule has 6 nitrogen and oxygen atoms in total. The predicted octanol–water partition coefficient (Wildman–Crippen LogP) is 1.65. The standard InChI is InChI=1S/C16H22N4O2/c1-3-15(12-21)20(10-13-5-4-6-17-7-13)11-14-8-18-16(22-2)19-9-14/h4-9,15,21H,3,10-12H2,1-2H3. The van der Waals surface area contributed by atoms with Crippen molar-refractivity contribution in [1.29, 1.82) is 0 Å². The molecule has 0 bridgehead atoms. The molecule has 0 aliphatic rings. The highest BCUT2D eigenvalue weighted by atomic mass is 16.5. The monoisotopic (exact) mass is 302 g/mol. The van der Waals surface area contributed by atoms with E-state index < -0.39 is 0 Å². The van der Waals surface area contributed by atoms with Gasteiger partial charge in [-0.15, -0.1) is 0 Å². The molecule has 22 heavy (non-hydrogen) atoms. The van der Waals surface area contributed by atoms with E-state index in [1.165, 1.54) is 0 Å². The number of ether oxygens (including phenoxy) is 1. The van der Waals surface area contributed by atoms with Crippen LogP contribution in [0.15, 0.2) is 36.9 Å². The minimum atomic E-state index is 0.0855. The van der Waals surface area contributed by atoms with Crippen molar-refractivity contribution >= 4 is 0 Å². The Kier molecular flexibility index (Phi) is 6.24. The van der Waals surface area contributed by atoms with E-state index >= 15 is 0 Å². The zero-order chi connectivity index (χ0) is 15.8. The molecule has 0 aliphatic heterocycles. The molecule has 0 aromatic carbocycles. The Balaban J connectivity index is 2.12. The molecule has 0 aliphatic carbocycles. The van der Waals surface area contributed by atoms with Gasteiger partial charge in [-0.25, -0.2) is 9.97 Å². The molecule has 2 rings (SSSR count). The molecule has 0 fully saturated rings. The summed E-state index contributed by atoms with van der Waals surface area (Å²) >= 11 is 0. The lowest BCUT2D eigenvalue weighted by molar-refractivity contribution is 0.106. The minimum absolute atomic E-state index is 0.0855. The van der Waals surface area contributed by atoms with Gasteiger partial charge in [-0.3, -0.25) is 9.88 Å². The van der Waals surface area contributed by atoms with Crippen LogP contribution in [0.3, 0.4) is 0 Å². The Labute approximate surface area is 130 Å². The molecule has 6 heteroatoms. The summed E-state index contributed by atoms with van der Waals surface area (Å²) < 4.78 is 4.98. The highest BCUT2D eigenvalue weighted by Gasteiger charge is 2.17. The predicted molar refractivity (Wildman–Crippen MR) is 83.2 cm³/mol. The quantitative estimate of drug-likeness (QED) is 0.799. The van der Waals surface area contributed by atoms with Gasteiger partial charge in [0.1, 0.15) is 0 Å². The lowest BCUT2D eigenvalue weighted by atomic mass is 10.1. The summed E-state index contributed by atoms with van der Waals surface area (Å²) in [4.78, 5) is 14.6. The molecule has 2 aromatic heterocycles. The number of aliphatic hydroxyl groups excluding tert-OH is 1. The van der Waals surface area contributed by atoms with Crippen LogP contribution < -0.4 is 4.74 Å². The van der Waals surface area contributed by atoms with E-state index in [0.717, 1.165) is 24.1 Å². The lowest BCUT2D eigenvalue weighted by Gasteiger charge is -2.29. The molecule has 0 radical (unpaired) electrons. The van der Waals surface area contributed by atoms with Crippen LogP contribution in [0.4, 0.5) is 0 Å². The average molecular weight is 302 g/mol. The zero-order valence-electron chi connectivity index (χ0n) is 13.0. The van der Waals surface area contributed by atoms with E-state index in [0.29, 0.717) is 12.6 Å².